The first kappa shape index (κ1) is 24.1. The Balaban J connectivity index is 1.51. The minimum Gasteiger partial charge on any atom is -0.465 e. The van der Waals surface area contributed by atoms with E-state index in [2.05, 4.69) is 5.32 Å². The van der Waals surface area contributed by atoms with E-state index in [1.807, 2.05) is 65.6 Å². The normalized spacial score (nSPS) is 15.3. The van der Waals surface area contributed by atoms with Crippen LogP contribution in [0.1, 0.15) is 22.3 Å². The quantitative estimate of drug-likeness (QED) is 0.382. The number of anilines is 2. The third-order valence-electron chi connectivity index (χ3n) is 5.79. The summed E-state index contributed by atoms with van der Waals surface area (Å²) in [4.78, 5) is 41.3. The van der Waals surface area contributed by atoms with Crippen molar-refractivity contribution in [1.29, 1.82) is 0 Å². The number of methoxy groups -OCH3 is 1. The molecule has 0 saturated carbocycles. The molecule has 35 heavy (non-hydrogen) atoms. The van der Waals surface area contributed by atoms with Crippen LogP contribution in [0.3, 0.4) is 0 Å². The van der Waals surface area contributed by atoms with E-state index in [1.165, 1.54) is 12.0 Å². The molecule has 4 rings (SSSR count). The van der Waals surface area contributed by atoms with E-state index in [0.29, 0.717) is 35.0 Å². The Morgan fingerprint density at radius 2 is 1.57 bits per heavy atom. The number of hydrogen-bond acceptors (Lipinski definition) is 5. The van der Waals surface area contributed by atoms with Crippen LogP contribution in [0.2, 0.25) is 0 Å². The number of benzene rings is 3. The van der Waals surface area contributed by atoms with Crippen LogP contribution >= 0.6 is 12.2 Å². The van der Waals surface area contributed by atoms with Crippen LogP contribution in [0.15, 0.2) is 84.9 Å². The molecule has 3 aromatic carbocycles. The maximum atomic E-state index is 13.4. The standard InChI is InChI=1S/C27H25N3O4S/c1-34-26(33)20-12-14-21(15-13-20)28-24(31)18-23-25(32)30(22-10-6-3-7-11-22)27(35)29(23)17-16-19-8-4-2-5-9-19/h2-15,23H,16-18H2,1H3,(H,28,31). The third-order valence-corrected chi connectivity index (χ3v) is 6.20. The van der Waals surface area contributed by atoms with E-state index in [1.54, 1.807) is 24.3 Å². The lowest BCUT2D eigenvalue weighted by molar-refractivity contribution is -0.124. The zero-order valence-electron chi connectivity index (χ0n) is 19.2. The first-order valence-corrected chi connectivity index (χ1v) is 11.6. The van der Waals surface area contributed by atoms with Crippen LogP contribution in [0.5, 0.6) is 0 Å². The number of nitrogens with zero attached hydrogens (tertiary/aromatic N) is 2. The smallest absolute Gasteiger partial charge is 0.337 e. The van der Waals surface area contributed by atoms with E-state index in [0.717, 1.165) is 5.56 Å². The van der Waals surface area contributed by atoms with Crippen molar-refractivity contribution in [1.82, 2.24) is 4.90 Å². The SMILES string of the molecule is COC(=O)c1ccc(NC(=O)CC2C(=O)N(c3ccccc3)C(=S)N2CCc2ccccc2)cc1. The fourth-order valence-electron chi connectivity index (χ4n) is 3.99. The molecule has 1 fully saturated rings. The van der Waals surface area contributed by atoms with Crippen LogP contribution in [0.4, 0.5) is 11.4 Å². The van der Waals surface area contributed by atoms with Crippen molar-refractivity contribution in [2.45, 2.75) is 18.9 Å². The van der Waals surface area contributed by atoms with Crippen molar-refractivity contribution >= 4 is 46.5 Å². The maximum absolute atomic E-state index is 13.4. The molecule has 1 aliphatic heterocycles. The van der Waals surface area contributed by atoms with E-state index in [9.17, 15) is 14.4 Å². The molecule has 3 aromatic rings. The van der Waals surface area contributed by atoms with E-state index in [4.69, 9.17) is 17.0 Å². The predicted octanol–water partition coefficient (Wildman–Crippen LogP) is 4.05. The van der Waals surface area contributed by atoms with Crippen LogP contribution in [0, 0.1) is 0 Å². The molecule has 1 heterocycles. The highest BCUT2D eigenvalue weighted by Gasteiger charge is 2.43. The van der Waals surface area contributed by atoms with Gasteiger partial charge in [-0.1, -0.05) is 48.5 Å². The molecule has 1 saturated heterocycles. The molecule has 0 aliphatic carbocycles. The fourth-order valence-corrected chi connectivity index (χ4v) is 4.41. The van der Waals surface area contributed by atoms with Crippen molar-refractivity contribution in [3.63, 3.8) is 0 Å². The number of para-hydroxylation sites is 1. The van der Waals surface area contributed by atoms with Crippen LogP contribution in [-0.2, 0) is 20.7 Å². The number of ether oxygens (including phenoxy) is 1. The Labute approximate surface area is 209 Å². The van der Waals surface area contributed by atoms with Crippen molar-refractivity contribution in [2.24, 2.45) is 0 Å². The second kappa shape index (κ2) is 10.9. The Hall–Kier alpha value is -4.04. The van der Waals surface area contributed by atoms with Gasteiger partial charge >= 0.3 is 5.97 Å². The molecular weight excluding hydrogens is 462 g/mol. The summed E-state index contributed by atoms with van der Waals surface area (Å²) in [6, 6.07) is 24.8. The van der Waals surface area contributed by atoms with E-state index in [-0.39, 0.29) is 18.2 Å². The minimum absolute atomic E-state index is 0.0597. The number of amides is 2. The molecular formula is C27H25N3O4S. The maximum Gasteiger partial charge on any atom is 0.337 e. The minimum atomic E-state index is -0.722. The summed E-state index contributed by atoms with van der Waals surface area (Å²) in [7, 11) is 1.31. The summed E-state index contributed by atoms with van der Waals surface area (Å²) in [5.41, 5.74) is 2.70. The second-order valence-corrected chi connectivity index (χ2v) is 8.42. The molecule has 7 nitrogen and oxygen atoms in total. The van der Waals surface area contributed by atoms with Gasteiger partial charge in [0.1, 0.15) is 6.04 Å². The van der Waals surface area contributed by atoms with Crippen molar-refractivity contribution in [2.75, 3.05) is 23.9 Å². The van der Waals surface area contributed by atoms with Gasteiger partial charge in [0.25, 0.3) is 5.91 Å². The molecule has 0 bridgehead atoms. The number of esters is 1. The van der Waals surface area contributed by atoms with Crippen molar-refractivity contribution < 1.29 is 19.1 Å². The van der Waals surface area contributed by atoms with Gasteiger partial charge in [0, 0.05) is 12.2 Å². The average molecular weight is 488 g/mol. The number of nitrogens with one attached hydrogen (secondary N) is 1. The molecule has 0 spiro atoms. The van der Waals surface area contributed by atoms with Crippen molar-refractivity contribution in [3.05, 3.63) is 96.1 Å². The molecule has 178 valence electrons. The second-order valence-electron chi connectivity index (χ2n) is 8.06. The van der Waals surface area contributed by atoms with Crippen LogP contribution < -0.4 is 10.2 Å². The van der Waals surface area contributed by atoms with E-state index < -0.39 is 12.0 Å². The molecule has 0 radical (unpaired) electrons. The largest absolute Gasteiger partial charge is 0.465 e. The molecule has 1 unspecified atom stereocenters. The van der Waals surface area contributed by atoms with Crippen LogP contribution in [-0.4, -0.2) is 47.5 Å². The van der Waals surface area contributed by atoms with Gasteiger partial charge in [0.15, 0.2) is 5.11 Å². The number of thiocarbonyl (C=S) groups is 1. The highest BCUT2D eigenvalue weighted by molar-refractivity contribution is 7.80. The number of carbonyl (C=O) groups excluding carboxylic acids is 3. The van der Waals surface area contributed by atoms with Gasteiger partial charge in [-0.15, -0.1) is 0 Å². The van der Waals surface area contributed by atoms with Gasteiger partial charge in [0.2, 0.25) is 5.91 Å². The summed E-state index contributed by atoms with van der Waals surface area (Å²) < 4.78 is 4.69. The average Bonchev–Trinajstić information content (AvgIpc) is 3.12. The molecule has 0 aromatic heterocycles. The van der Waals surface area contributed by atoms with Gasteiger partial charge in [0.05, 0.1) is 24.8 Å². The highest BCUT2D eigenvalue weighted by Crippen LogP contribution is 2.27. The third kappa shape index (κ3) is 5.55. The lowest BCUT2D eigenvalue weighted by Gasteiger charge is -2.24. The highest BCUT2D eigenvalue weighted by atomic mass is 32.1. The number of carbonyl (C=O) groups is 3. The molecule has 1 atom stereocenters. The molecule has 1 N–H and O–H groups in total. The molecule has 1 aliphatic rings. The first-order valence-electron chi connectivity index (χ1n) is 11.2. The van der Waals surface area contributed by atoms with Gasteiger partial charge in [-0.25, -0.2) is 4.79 Å². The van der Waals surface area contributed by atoms with Gasteiger partial charge in [-0.05, 0) is 60.6 Å². The zero-order chi connectivity index (χ0) is 24.8. The lowest BCUT2D eigenvalue weighted by atomic mass is 10.1. The number of hydrogen-bond donors (Lipinski definition) is 1. The van der Waals surface area contributed by atoms with Crippen molar-refractivity contribution in [3.8, 4) is 0 Å². The monoisotopic (exact) mass is 487 g/mol. The first-order chi connectivity index (χ1) is 17.0. The van der Waals surface area contributed by atoms with Crippen LogP contribution in [0.25, 0.3) is 0 Å². The number of rotatable bonds is 8. The summed E-state index contributed by atoms with van der Waals surface area (Å²) >= 11 is 5.70. The Morgan fingerprint density at radius 1 is 0.943 bits per heavy atom. The van der Waals surface area contributed by atoms with Gasteiger partial charge in [-0.3, -0.25) is 14.5 Å². The summed E-state index contributed by atoms with van der Waals surface area (Å²) in [6.07, 6.45) is 0.625. The van der Waals surface area contributed by atoms with Gasteiger partial charge in [-0.2, -0.15) is 0 Å². The topological polar surface area (TPSA) is 78.9 Å². The van der Waals surface area contributed by atoms with E-state index >= 15 is 0 Å². The lowest BCUT2D eigenvalue weighted by Crippen LogP contribution is -2.39. The summed E-state index contributed by atoms with van der Waals surface area (Å²) in [5, 5.41) is 3.19. The summed E-state index contributed by atoms with van der Waals surface area (Å²) in [6.45, 7) is 0.504. The summed E-state index contributed by atoms with van der Waals surface area (Å²) in [5.74, 6) is -1.01. The Kier molecular flexibility index (Phi) is 7.52. The predicted molar refractivity (Wildman–Crippen MR) is 138 cm³/mol. The Bertz CT molecular complexity index is 1220. The zero-order valence-corrected chi connectivity index (χ0v) is 20.0. The van der Waals surface area contributed by atoms with Gasteiger partial charge < -0.3 is 15.0 Å². The Morgan fingerprint density at radius 3 is 2.20 bits per heavy atom. The fraction of sp³-hybridized carbons (Fsp3) is 0.185. The molecule has 2 amide bonds. The molecule has 8 heteroatoms.